The van der Waals surface area contributed by atoms with Gasteiger partial charge >= 0.3 is 0 Å². The van der Waals surface area contributed by atoms with Crippen molar-refractivity contribution in [2.24, 2.45) is 5.92 Å². The van der Waals surface area contributed by atoms with Gasteiger partial charge < -0.3 is 9.32 Å². The Kier molecular flexibility index (Phi) is 2.67. The molecule has 3 rings (SSSR count). The first-order valence-electron chi connectivity index (χ1n) is 6.23. The molecule has 2 unspecified atom stereocenters. The molecule has 0 saturated carbocycles. The molecule has 4 nitrogen and oxygen atoms in total. The van der Waals surface area contributed by atoms with Gasteiger partial charge in [0.15, 0.2) is 0 Å². The summed E-state index contributed by atoms with van der Waals surface area (Å²) in [5, 5.41) is 0. The van der Waals surface area contributed by atoms with E-state index in [-0.39, 0.29) is 5.91 Å². The highest BCUT2D eigenvalue weighted by Crippen LogP contribution is 2.30. The fraction of sp³-hybridized carbons (Fsp3) is 0.615. The number of amides is 1. The van der Waals surface area contributed by atoms with Crippen LogP contribution in [0.25, 0.3) is 0 Å². The quantitative estimate of drug-likeness (QED) is 0.774. The Hall–Kier alpha value is -1.29. The summed E-state index contributed by atoms with van der Waals surface area (Å²) < 4.78 is 5.09. The van der Waals surface area contributed by atoms with Crippen molar-refractivity contribution in [3.8, 4) is 0 Å². The maximum atomic E-state index is 11.5. The minimum atomic E-state index is 0.225. The second kappa shape index (κ2) is 4.18. The topological polar surface area (TPSA) is 36.7 Å². The van der Waals surface area contributed by atoms with E-state index in [0.29, 0.717) is 12.0 Å². The van der Waals surface area contributed by atoms with Crippen molar-refractivity contribution >= 4 is 5.91 Å². The first kappa shape index (κ1) is 10.8. The zero-order chi connectivity index (χ0) is 11.8. The Balaban J connectivity index is 1.66. The molecule has 17 heavy (non-hydrogen) atoms. The summed E-state index contributed by atoms with van der Waals surface area (Å²) >= 11 is 0. The number of likely N-dealkylation sites (tertiary alicyclic amines) is 2. The zero-order valence-corrected chi connectivity index (χ0v) is 10.1. The molecule has 0 radical (unpaired) electrons. The monoisotopic (exact) mass is 234 g/mol. The molecule has 1 amide bonds. The summed E-state index contributed by atoms with van der Waals surface area (Å²) in [4.78, 5) is 16.0. The Morgan fingerprint density at radius 3 is 3.06 bits per heavy atom. The number of fused-ring (bicyclic) bond motifs is 2. The van der Waals surface area contributed by atoms with Gasteiger partial charge in [0.2, 0.25) is 5.91 Å². The van der Waals surface area contributed by atoms with Crippen LogP contribution in [-0.4, -0.2) is 41.4 Å². The highest BCUT2D eigenvalue weighted by Gasteiger charge is 2.39. The standard InChI is InChI=1S/C13H18N2O2/c1-10(16)15-7-12-4-13(15)8-14(6-12)5-11-2-3-17-9-11/h2-3,9,12-13H,4-8H2,1H3. The number of furan rings is 1. The van der Waals surface area contributed by atoms with Gasteiger partial charge in [0.05, 0.1) is 12.5 Å². The molecule has 1 aromatic heterocycles. The number of carbonyl (C=O) groups excluding carboxylic acids is 1. The molecule has 2 aliphatic rings. The van der Waals surface area contributed by atoms with Crippen LogP contribution in [0, 0.1) is 5.92 Å². The van der Waals surface area contributed by atoms with E-state index in [9.17, 15) is 4.79 Å². The van der Waals surface area contributed by atoms with E-state index in [2.05, 4.69) is 4.90 Å². The van der Waals surface area contributed by atoms with Crippen LogP contribution in [0.5, 0.6) is 0 Å². The Morgan fingerprint density at radius 2 is 2.35 bits per heavy atom. The molecule has 3 heterocycles. The minimum Gasteiger partial charge on any atom is -0.472 e. The summed E-state index contributed by atoms with van der Waals surface area (Å²) in [6.07, 6.45) is 4.70. The fourth-order valence-corrected chi connectivity index (χ4v) is 3.21. The Bertz CT molecular complexity index is 402. The molecule has 0 spiro atoms. The van der Waals surface area contributed by atoms with E-state index in [4.69, 9.17) is 4.42 Å². The van der Waals surface area contributed by atoms with E-state index in [0.717, 1.165) is 26.2 Å². The van der Waals surface area contributed by atoms with Gasteiger partial charge in [-0.05, 0) is 18.4 Å². The number of nitrogens with zero attached hydrogens (tertiary/aromatic N) is 2. The number of hydrogen-bond donors (Lipinski definition) is 0. The summed E-state index contributed by atoms with van der Waals surface area (Å²) in [6.45, 7) is 5.67. The lowest BCUT2D eigenvalue weighted by Gasteiger charge is -2.32. The molecule has 0 N–H and O–H groups in total. The van der Waals surface area contributed by atoms with Gasteiger partial charge in [0.25, 0.3) is 0 Å². The van der Waals surface area contributed by atoms with E-state index >= 15 is 0 Å². The SMILES string of the molecule is CC(=O)N1CC2CC1CN(Cc1ccoc1)C2. The molecular weight excluding hydrogens is 216 g/mol. The maximum Gasteiger partial charge on any atom is 0.219 e. The predicted molar refractivity (Wildman–Crippen MR) is 63.3 cm³/mol. The lowest BCUT2D eigenvalue weighted by atomic mass is 10.00. The molecule has 1 aromatic rings. The lowest BCUT2D eigenvalue weighted by Crippen LogP contribution is -2.43. The van der Waals surface area contributed by atoms with Crippen LogP contribution >= 0.6 is 0 Å². The van der Waals surface area contributed by atoms with Crippen molar-refractivity contribution < 1.29 is 9.21 Å². The second-order valence-corrected chi connectivity index (χ2v) is 5.25. The van der Waals surface area contributed by atoms with Crippen molar-refractivity contribution in [1.29, 1.82) is 0 Å². The highest BCUT2D eigenvalue weighted by atomic mass is 16.3. The third-order valence-corrected chi connectivity index (χ3v) is 3.88. The zero-order valence-electron chi connectivity index (χ0n) is 10.1. The molecule has 2 saturated heterocycles. The predicted octanol–water partition coefficient (Wildman–Crippen LogP) is 1.33. The van der Waals surface area contributed by atoms with E-state index in [1.54, 1.807) is 19.5 Å². The number of rotatable bonds is 2. The number of carbonyl (C=O) groups is 1. The van der Waals surface area contributed by atoms with E-state index in [1.807, 2.05) is 11.0 Å². The van der Waals surface area contributed by atoms with Crippen molar-refractivity contribution in [2.75, 3.05) is 19.6 Å². The van der Waals surface area contributed by atoms with Gasteiger partial charge in [-0.3, -0.25) is 9.69 Å². The Labute approximate surface area is 101 Å². The van der Waals surface area contributed by atoms with E-state index < -0.39 is 0 Å². The van der Waals surface area contributed by atoms with Crippen molar-refractivity contribution in [2.45, 2.75) is 25.9 Å². The molecule has 0 aromatic carbocycles. The molecule has 2 fully saturated rings. The number of piperidine rings is 1. The summed E-state index contributed by atoms with van der Waals surface area (Å²) in [5.74, 6) is 0.882. The van der Waals surface area contributed by atoms with Gasteiger partial charge in [-0.25, -0.2) is 0 Å². The van der Waals surface area contributed by atoms with Crippen molar-refractivity contribution in [1.82, 2.24) is 9.80 Å². The normalized spacial score (nSPS) is 28.6. The van der Waals surface area contributed by atoms with Crippen LogP contribution < -0.4 is 0 Å². The second-order valence-electron chi connectivity index (χ2n) is 5.25. The molecular formula is C13H18N2O2. The van der Waals surface area contributed by atoms with Gasteiger partial charge in [0.1, 0.15) is 0 Å². The van der Waals surface area contributed by atoms with Crippen LogP contribution in [0.3, 0.4) is 0 Å². The Morgan fingerprint density at radius 1 is 1.47 bits per heavy atom. The molecule has 2 atom stereocenters. The van der Waals surface area contributed by atoms with Gasteiger partial charge in [-0.2, -0.15) is 0 Å². The van der Waals surface area contributed by atoms with Gasteiger partial charge in [-0.15, -0.1) is 0 Å². The van der Waals surface area contributed by atoms with Crippen LogP contribution in [0.1, 0.15) is 18.9 Å². The molecule has 2 bridgehead atoms. The summed E-state index contributed by atoms with van der Waals surface area (Å²) in [6, 6.07) is 2.44. The summed E-state index contributed by atoms with van der Waals surface area (Å²) in [7, 11) is 0. The first-order valence-corrected chi connectivity index (χ1v) is 6.23. The first-order chi connectivity index (χ1) is 8.22. The highest BCUT2D eigenvalue weighted by molar-refractivity contribution is 5.74. The van der Waals surface area contributed by atoms with Crippen LogP contribution in [0.4, 0.5) is 0 Å². The molecule has 0 aliphatic carbocycles. The average molecular weight is 234 g/mol. The van der Waals surface area contributed by atoms with Crippen LogP contribution in [0.2, 0.25) is 0 Å². The summed E-state index contributed by atoms with van der Waals surface area (Å²) in [5.41, 5.74) is 1.22. The lowest BCUT2D eigenvalue weighted by molar-refractivity contribution is -0.129. The maximum absolute atomic E-state index is 11.5. The van der Waals surface area contributed by atoms with Gasteiger partial charge in [-0.1, -0.05) is 0 Å². The third-order valence-electron chi connectivity index (χ3n) is 3.88. The minimum absolute atomic E-state index is 0.225. The van der Waals surface area contributed by atoms with Crippen molar-refractivity contribution in [3.63, 3.8) is 0 Å². The average Bonchev–Trinajstić information content (AvgIpc) is 2.86. The van der Waals surface area contributed by atoms with Gasteiger partial charge in [0, 0.05) is 44.7 Å². The largest absolute Gasteiger partial charge is 0.472 e. The van der Waals surface area contributed by atoms with Crippen LogP contribution in [0.15, 0.2) is 23.0 Å². The molecule has 92 valence electrons. The molecule has 4 heteroatoms. The third kappa shape index (κ3) is 2.09. The van der Waals surface area contributed by atoms with E-state index in [1.165, 1.54) is 12.0 Å². The van der Waals surface area contributed by atoms with Crippen molar-refractivity contribution in [3.05, 3.63) is 24.2 Å². The smallest absolute Gasteiger partial charge is 0.219 e. The van der Waals surface area contributed by atoms with Crippen LogP contribution in [-0.2, 0) is 11.3 Å². The number of hydrogen-bond acceptors (Lipinski definition) is 3. The molecule has 2 aliphatic heterocycles. The fourth-order valence-electron chi connectivity index (χ4n) is 3.21.